The van der Waals surface area contributed by atoms with Crippen LogP contribution in [0.25, 0.3) is 10.9 Å². The number of carbonyl (C=O) groups excluding carboxylic acids is 2. The van der Waals surface area contributed by atoms with Gasteiger partial charge in [0.1, 0.15) is 0 Å². The van der Waals surface area contributed by atoms with E-state index in [0.29, 0.717) is 31.9 Å². The molecule has 2 amide bonds. The van der Waals surface area contributed by atoms with Gasteiger partial charge in [-0.1, -0.05) is 18.2 Å². The number of amides is 2. The second-order valence-corrected chi connectivity index (χ2v) is 7.97. The van der Waals surface area contributed by atoms with Crippen LogP contribution in [0.5, 0.6) is 0 Å². The lowest BCUT2D eigenvalue weighted by molar-refractivity contribution is -0.126. The van der Waals surface area contributed by atoms with Crippen molar-refractivity contribution in [1.82, 2.24) is 29.8 Å². The van der Waals surface area contributed by atoms with Gasteiger partial charge in [-0.2, -0.15) is 10.2 Å². The maximum Gasteiger partial charge on any atom is 0.275 e. The second kappa shape index (κ2) is 7.56. The first-order valence-electron chi connectivity index (χ1n) is 10.4. The van der Waals surface area contributed by atoms with E-state index < -0.39 is 0 Å². The van der Waals surface area contributed by atoms with Crippen molar-refractivity contribution in [3.05, 3.63) is 42.4 Å². The molecule has 2 fully saturated rings. The van der Waals surface area contributed by atoms with E-state index in [2.05, 4.69) is 20.2 Å². The van der Waals surface area contributed by atoms with Gasteiger partial charge < -0.3 is 9.80 Å². The fourth-order valence-corrected chi connectivity index (χ4v) is 4.51. The largest absolute Gasteiger partial charge is 0.335 e. The van der Waals surface area contributed by atoms with Crippen LogP contribution >= 0.6 is 0 Å². The summed E-state index contributed by atoms with van der Waals surface area (Å²) in [5.74, 6) is 0.0754. The average Bonchev–Trinajstić information content (AvgIpc) is 3.40. The van der Waals surface area contributed by atoms with Crippen molar-refractivity contribution in [1.29, 1.82) is 0 Å². The number of para-hydroxylation sites is 1. The van der Waals surface area contributed by atoms with Crippen LogP contribution in [0, 0.1) is 0 Å². The number of hydrogen-bond donors (Lipinski definition) is 1. The predicted octanol–water partition coefficient (Wildman–Crippen LogP) is 1.25. The first-order valence-corrected chi connectivity index (χ1v) is 10.4. The van der Waals surface area contributed by atoms with Crippen molar-refractivity contribution in [3.63, 3.8) is 0 Å². The number of hydrogen-bond acceptors (Lipinski definition) is 5. The zero-order valence-electron chi connectivity index (χ0n) is 17.0. The molecule has 156 valence electrons. The quantitative estimate of drug-likeness (QED) is 0.706. The number of benzene rings is 1. The number of piperazine rings is 1. The number of rotatable bonds is 3. The van der Waals surface area contributed by atoms with E-state index in [1.165, 1.54) is 0 Å². The molecule has 0 saturated carbocycles. The van der Waals surface area contributed by atoms with Crippen LogP contribution in [-0.4, -0.2) is 80.4 Å². The molecule has 9 heteroatoms. The lowest BCUT2D eigenvalue weighted by Crippen LogP contribution is -2.58. The number of carbonyl (C=O) groups is 2. The summed E-state index contributed by atoms with van der Waals surface area (Å²) in [5.41, 5.74) is 2.18. The molecule has 2 saturated heterocycles. The molecule has 1 aromatic carbocycles. The summed E-state index contributed by atoms with van der Waals surface area (Å²) < 4.78 is 1.72. The SMILES string of the molecule is Cn1cc(N2CCC[C@H](N3CCN(C(=O)c4n[nH]c5ccccc45)CC3)C2=O)cn1. The maximum atomic E-state index is 13.1. The lowest BCUT2D eigenvalue weighted by atomic mass is 10.0. The van der Waals surface area contributed by atoms with Gasteiger partial charge in [-0.15, -0.1) is 0 Å². The Morgan fingerprint density at radius 3 is 2.70 bits per heavy atom. The van der Waals surface area contributed by atoms with Crippen LogP contribution in [0.2, 0.25) is 0 Å². The highest BCUT2D eigenvalue weighted by atomic mass is 16.2. The minimum atomic E-state index is -0.137. The maximum absolute atomic E-state index is 13.1. The molecule has 4 heterocycles. The van der Waals surface area contributed by atoms with E-state index in [4.69, 9.17) is 0 Å². The molecule has 0 spiro atoms. The number of H-pyrrole nitrogens is 1. The highest BCUT2D eigenvalue weighted by Gasteiger charge is 2.36. The van der Waals surface area contributed by atoms with Gasteiger partial charge in [0.2, 0.25) is 5.91 Å². The Hall–Kier alpha value is -3.20. The number of nitrogens with zero attached hydrogens (tertiary/aromatic N) is 6. The number of fused-ring (bicyclic) bond motifs is 1. The Kier molecular flexibility index (Phi) is 4.74. The fraction of sp³-hybridized carbons (Fsp3) is 0.429. The molecular formula is C21H25N7O2. The summed E-state index contributed by atoms with van der Waals surface area (Å²) in [5, 5.41) is 12.2. The molecule has 5 rings (SSSR count). The second-order valence-electron chi connectivity index (χ2n) is 7.97. The smallest absolute Gasteiger partial charge is 0.275 e. The minimum absolute atomic E-state index is 0.0564. The fourth-order valence-electron chi connectivity index (χ4n) is 4.51. The zero-order chi connectivity index (χ0) is 20.7. The van der Waals surface area contributed by atoms with E-state index >= 15 is 0 Å². The molecule has 0 unspecified atom stereocenters. The number of piperidine rings is 1. The molecule has 0 aliphatic carbocycles. The topological polar surface area (TPSA) is 90.4 Å². The summed E-state index contributed by atoms with van der Waals surface area (Å²) in [4.78, 5) is 32.0. The van der Waals surface area contributed by atoms with Gasteiger partial charge >= 0.3 is 0 Å². The normalized spacial score (nSPS) is 20.8. The van der Waals surface area contributed by atoms with E-state index in [0.717, 1.165) is 36.0 Å². The third-order valence-corrected chi connectivity index (χ3v) is 6.13. The number of nitrogens with one attached hydrogen (secondary N) is 1. The highest BCUT2D eigenvalue weighted by Crippen LogP contribution is 2.25. The molecule has 0 radical (unpaired) electrons. The Bertz CT molecular complexity index is 1080. The zero-order valence-corrected chi connectivity index (χ0v) is 17.0. The Morgan fingerprint density at radius 2 is 1.93 bits per heavy atom. The molecule has 0 bridgehead atoms. The third kappa shape index (κ3) is 3.24. The Labute approximate surface area is 174 Å². The number of aromatic nitrogens is 4. The van der Waals surface area contributed by atoms with Gasteiger partial charge in [0, 0.05) is 51.4 Å². The van der Waals surface area contributed by atoms with Gasteiger partial charge in [0.15, 0.2) is 5.69 Å². The first-order chi connectivity index (χ1) is 14.6. The van der Waals surface area contributed by atoms with Crippen molar-refractivity contribution in [3.8, 4) is 0 Å². The third-order valence-electron chi connectivity index (χ3n) is 6.13. The van der Waals surface area contributed by atoms with Crippen molar-refractivity contribution in [2.75, 3.05) is 37.6 Å². The highest BCUT2D eigenvalue weighted by molar-refractivity contribution is 6.04. The molecule has 9 nitrogen and oxygen atoms in total. The van der Waals surface area contributed by atoms with Crippen LogP contribution in [-0.2, 0) is 11.8 Å². The van der Waals surface area contributed by atoms with Crippen LogP contribution in [0.3, 0.4) is 0 Å². The average molecular weight is 407 g/mol. The first kappa shape index (κ1) is 18.8. The van der Waals surface area contributed by atoms with Gasteiger partial charge in [-0.05, 0) is 18.9 Å². The van der Waals surface area contributed by atoms with E-state index in [1.54, 1.807) is 10.9 Å². The van der Waals surface area contributed by atoms with Gasteiger partial charge in [-0.25, -0.2) is 0 Å². The van der Waals surface area contributed by atoms with Crippen LogP contribution in [0.1, 0.15) is 23.3 Å². The molecule has 2 aliphatic rings. The predicted molar refractivity (Wildman–Crippen MR) is 112 cm³/mol. The number of aryl methyl sites for hydroxylation is 1. The van der Waals surface area contributed by atoms with Gasteiger partial charge in [0.25, 0.3) is 5.91 Å². The van der Waals surface area contributed by atoms with Gasteiger partial charge in [0.05, 0.1) is 23.4 Å². The van der Waals surface area contributed by atoms with Crippen molar-refractivity contribution < 1.29 is 9.59 Å². The summed E-state index contributed by atoms with van der Waals surface area (Å²) in [6.45, 7) is 3.29. The van der Waals surface area contributed by atoms with Gasteiger partial charge in [-0.3, -0.25) is 24.3 Å². The van der Waals surface area contributed by atoms with Crippen LogP contribution < -0.4 is 4.90 Å². The van der Waals surface area contributed by atoms with Crippen LogP contribution in [0.4, 0.5) is 5.69 Å². The van der Waals surface area contributed by atoms with Crippen LogP contribution in [0.15, 0.2) is 36.7 Å². The number of anilines is 1. The molecule has 2 aromatic heterocycles. The van der Waals surface area contributed by atoms with E-state index in [-0.39, 0.29) is 17.9 Å². The molecule has 3 aromatic rings. The van der Waals surface area contributed by atoms with E-state index in [9.17, 15) is 9.59 Å². The summed E-state index contributed by atoms with van der Waals surface area (Å²) in [6, 6.07) is 7.52. The minimum Gasteiger partial charge on any atom is -0.335 e. The number of aromatic amines is 1. The van der Waals surface area contributed by atoms with Crippen molar-refractivity contribution in [2.45, 2.75) is 18.9 Å². The summed E-state index contributed by atoms with van der Waals surface area (Å²) >= 11 is 0. The lowest BCUT2D eigenvalue weighted by Gasteiger charge is -2.42. The van der Waals surface area contributed by atoms with Crippen molar-refractivity contribution >= 4 is 28.4 Å². The molecule has 1 atom stereocenters. The van der Waals surface area contributed by atoms with Crippen molar-refractivity contribution in [2.24, 2.45) is 7.05 Å². The molecule has 2 aliphatic heterocycles. The summed E-state index contributed by atoms with van der Waals surface area (Å²) in [7, 11) is 1.86. The standard InChI is InChI=1S/C21H25N7O2/c1-25-14-15(13-22-25)28-8-4-7-18(20(28)29)26-9-11-27(12-10-26)21(30)19-16-5-2-3-6-17(16)23-24-19/h2-3,5-6,13-14,18H,4,7-12H2,1H3,(H,23,24)/t18-/m0/s1. The Balaban J connectivity index is 1.25. The molecular weight excluding hydrogens is 382 g/mol. The van der Waals surface area contributed by atoms with E-state index in [1.807, 2.05) is 47.3 Å². The molecule has 30 heavy (non-hydrogen) atoms. The Morgan fingerprint density at radius 1 is 1.13 bits per heavy atom. The molecule has 1 N–H and O–H groups in total. The monoisotopic (exact) mass is 407 g/mol. The summed E-state index contributed by atoms with van der Waals surface area (Å²) in [6.07, 6.45) is 5.44.